The molecule has 0 amide bonds. The predicted molar refractivity (Wildman–Crippen MR) is 52.0 cm³/mol. The van der Waals surface area contributed by atoms with Gasteiger partial charge < -0.3 is 4.74 Å². The molecule has 1 rings (SSSR count). The molecule has 15 heavy (non-hydrogen) atoms. The highest BCUT2D eigenvalue weighted by Crippen LogP contribution is 2.16. The van der Waals surface area contributed by atoms with E-state index in [4.69, 9.17) is 21.6 Å². The molecule has 1 aromatic rings. The number of hydrogen-bond donors (Lipinski definition) is 0. The first kappa shape index (κ1) is 11.4. The third kappa shape index (κ3) is 2.89. The highest BCUT2D eigenvalue weighted by molar-refractivity contribution is 6.29. The predicted octanol–water partition coefficient (Wildman–Crippen LogP) is 1.30. The zero-order valence-corrected chi connectivity index (χ0v) is 8.73. The van der Waals surface area contributed by atoms with Crippen molar-refractivity contribution in [2.75, 3.05) is 6.61 Å². The van der Waals surface area contributed by atoms with Gasteiger partial charge in [0.25, 0.3) is 0 Å². The molecule has 0 bridgehead atoms. The number of nitriles is 1. The molecule has 6 heteroatoms. The van der Waals surface area contributed by atoms with Gasteiger partial charge in [-0.15, -0.1) is 0 Å². The van der Waals surface area contributed by atoms with E-state index in [2.05, 4.69) is 9.97 Å². The fraction of sp³-hybridized carbons (Fsp3) is 0.333. The van der Waals surface area contributed by atoms with Gasteiger partial charge in [-0.1, -0.05) is 11.6 Å². The number of carbonyl (C=O) groups excluding carboxylic acids is 1. The molecule has 0 aliphatic rings. The Morgan fingerprint density at radius 1 is 1.73 bits per heavy atom. The average Bonchev–Trinajstić information content (AvgIpc) is 2.19. The van der Waals surface area contributed by atoms with Crippen LogP contribution in [0.25, 0.3) is 0 Å². The average molecular weight is 226 g/mol. The zero-order chi connectivity index (χ0) is 11.3. The Morgan fingerprint density at radius 2 is 2.47 bits per heavy atom. The number of rotatable bonds is 3. The first-order valence-electron chi connectivity index (χ1n) is 4.22. The molecular formula is C9H8ClN3O2. The quantitative estimate of drug-likeness (QED) is 0.573. The van der Waals surface area contributed by atoms with Crippen LogP contribution in [0, 0.1) is 11.3 Å². The Hall–Kier alpha value is -1.67. The summed E-state index contributed by atoms with van der Waals surface area (Å²) < 4.78 is 4.72. The molecule has 0 fully saturated rings. The fourth-order valence-corrected chi connectivity index (χ4v) is 1.13. The molecule has 0 N–H and O–H groups in total. The highest BCUT2D eigenvalue weighted by atomic mass is 35.5. The molecule has 0 aliphatic heterocycles. The first-order chi connectivity index (χ1) is 7.19. The molecule has 1 heterocycles. The summed E-state index contributed by atoms with van der Waals surface area (Å²) in [5, 5.41) is 9.00. The summed E-state index contributed by atoms with van der Waals surface area (Å²) in [4.78, 5) is 18.8. The van der Waals surface area contributed by atoms with Gasteiger partial charge in [0.15, 0.2) is 5.92 Å². The van der Waals surface area contributed by atoms with Crippen molar-refractivity contribution in [1.29, 1.82) is 5.26 Å². The Morgan fingerprint density at radius 3 is 3.00 bits per heavy atom. The van der Waals surface area contributed by atoms with E-state index in [-0.39, 0.29) is 17.5 Å². The van der Waals surface area contributed by atoms with Crippen molar-refractivity contribution in [2.24, 2.45) is 0 Å². The first-order valence-corrected chi connectivity index (χ1v) is 4.60. The third-order valence-electron chi connectivity index (χ3n) is 1.60. The van der Waals surface area contributed by atoms with Crippen molar-refractivity contribution in [2.45, 2.75) is 12.8 Å². The van der Waals surface area contributed by atoms with E-state index in [0.717, 1.165) is 0 Å². The van der Waals surface area contributed by atoms with Crippen molar-refractivity contribution in [1.82, 2.24) is 9.97 Å². The van der Waals surface area contributed by atoms with Gasteiger partial charge >= 0.3 is 5.97 Å². The Bertz CT molecular complexity index is 403. The Balaban J connectivity index is 2.93. The van der Waals surface area contributed by atoms with Gasteiger partial charge in [0.2, 0.25) is 0 Å². The summed E-state index contributed by atoms with van der Waals surface area (Å²) in [6, 6.07) is 3.17. The van der Waals surface area contributed by atoms with Crippen LogP contribution < -0.4 is 0 Å². The van der Waals surface area contributed by atoms with Crippen LogP contribution in [-0.4, -0.2) is 22.5 Å². The van der Waals surface area contributed by atoms with Gasteiger partial charge in [-0.25, -0.2) is 9.97 Å². The molecule has 0 spiro atoms. The van der Waals surface area contributed by atoms with Crippen LogP contribution in [0.15, 0.2) is 12.4 Å². The summed E-state index contributed by atoms with van der Waals surface area (Å²) in [5.74, 6) is -1.68. The lowest BCUT2D eigenvalue weighted by Gasteiger charge is -2.06. The molecule has 1 aromatic heterocycles. The summed E-state index contributed by atoms with van der Waals surface area (Å²) >= 11 is 5.62. The van der Waals surface area contributed by atoms with Crippen LogP contribution in [0.4, 0.5) is 0 Å². The molecule has 78 valence electrons. The van der Waals surface area contributed by atoms with Crippen LogP contribution in [0.1, 0.15) is 18.5 Å². The maximum absolute atomic E-state index is 11.3. The minimum atomic E-state index is -1.05. The van der Waals surface area contributed by atoms with Crippen molar-refractivity contribution >= 4 is 17.6 Å². The van der Waals surface area contributed by atoms with Crippen molar-refractivity contribution in [3.05, 3.63) is 23.2 Å². The summed E-state index contributed by atoms with van der Waals surface area (Å²) in [5.41, 5.74) is 0.246. The molecule has 1 unspecified atom stereocenters. The fourth-order valence-electron chi connectivity index (χ4n) is 0.970. The summed E-state index contributed by atoms with van der Waals surface area (Å²) in [6.07, 6.45) is 1.20. The molecule has 0 saturated heterocycles. The van der Waals surface area contributed by atoms with Crippen LogP contribution in [0.5, 0.6) is 0 Å². The van der Waals surface area contributed by atoms with Crippen LogP contribution in [0.2, 0.25) is 5.15 Å². The molecule has 1 atom stereocenters. The van der Waals surface area contributed by atoms with Crippen LogP contribution in [-0.2, 0) is 9.53 Å². The highest BCUT2D eigenvalue weighted by Gasteiger charge is 2.23. The van der Waals surface area contributed by atoms with Gasteiger partial charge in [-0.2, -0.15) is 5.26 Å². The largest absolute Gasteiger partial charge is 0.465 e. The van der Waals surface area contributed by atoms with Gasteiger partial charge in [0, 0.05) is 0 Å². The van der Waals surface area contributed by atoms with E-state index in [1.807, 2.05) is 0 Å². The van der Waals surface area contributed by atoms with Gasteiger partial charge in [0.05, 0.1) is 18.4 Å². The SMILES string of the molecule is CCOC(=O)C(C#N)c1cc(Cl)ncn1. The molecule has 0 radical (unpaired) electrons. The zero-order valence-electron chi connectivity index (χ0n) is 7.98. The molecule has 0 aromatic carbocycles. The van der Waals surface area contributed by atoms with Crippen molar-refractivity contribution < 1.29 is 9.53 Å². The van der Waals surface area contributed by atoms with Gasteiger partial charge in [-0.05, 0) is 13.0 Å². The Kier molecular flexibility index (Phi) is 4.01. The minimum absolute atomic E-state index is 0.185. The number of hydrogen-bond acceptors (Lipinski definition) is 5. The van der Waals surface area contributed by atoms with Crippen molar-refractivity contribution in [3.8, 4) is 6.07 Å². The van der Waals surface area contributed by atoms with E-state index < -0.39 is 11.9 Å². The van der Waals surface area contributed by atoms with Crippen LogP contribution in [0.3, 0.4) is 0 Å². The lowest BCUT2D eigenvalue weighted by Crippen LogP contribution is -2.15. The second-order valence-corrected chi connectivity index (χ2v) is 2.97. The molecule has 5 nitrogen and oxygen atoms in total. The van der Waals surface area contributed by atoms with E-state index in [9.17, 15) is 4.79 Å². The van der Waals surface area contributed by atoms with Gasteiger partial charge in [-0.3, -0.25) is 4.79 Å². The molecule has 0 saturated carbocycles. The minimum Gasteiger partial charge on any atom is -0.465 e. The lowest BCUT2D eigenvalue weighted by atomic mass is 10.1. The number of esters is 1. The van der Waals surface area contributed by atoms with E-state index in [1.165, 1.54) is 12.4 Å². The normalized spacial score (nSPS) is 11.5. The maximum Gasteiger partial charge on any atom is 0.329 e. The van der Waals surface area contributed by atoms with E-state index in [1.54, 1.807) is 13.0 Å². The number of nitrogens with zero attached hydrogens (tertiary/aromatic N) is 3. The van der Waals surface area contributed by atoms with Crippen LogP contribution >= 0.6 is 11.6 Å². The molecule has 0 aliphatic carbocycles. The lowest BCUT2D eigenvalue weighted by molar-refractivity contribution is -0.143. The topological polar surface area (TPSA) is 75.9 Å². The second-order valence-electron chi connectivity index (χ2n) is 2.58. The van der Waals surface area contributed by atoms with E-state index >= 15 is 0 Å². The molecular weight excluding hydrogens is 218 g/mol. The van der Waals surface area contributed by atoms with E-state index in [0.29, 0.717) is 0 Å². The smallest absolute Gasteiger partial charge is 0.329 e. The van der Waals surface area contributed by atoms with Gasteiger partial charge in [0.1, 0.15) is 11.5 Å². The monoisotopic (exact) mass is 225 g/mol. The Labute approximate surface area is 91.7 Å². The third-order valence-corrected chi connectivity index (χ3v) is 1.81. The summed E-state index contributed by atoms with van der Waals surface area (Å²) in [7, 11) is 0. The number of halogens is 1. The second kappa shape index (κ2) is 5.27. The number of carbonyl (C=O) groups is 1. The number of ether oxygens (including phenoxy) is 1. The van der Waals surface area contributed by atoms with Crippen molar-refractivity contribution in [3.63, 3.8) is 0 Å². The summed E-state index contributed by atoms with van der Waals surface area (Å²) in [6.45, 7) is 1.88. The number of aromatic nitrogens is 2. The standard InChI is InChI=1S/C9H8ClN3O2/c1-2-15-9(14)6(4-11)7-3-8(10)13-5-12-7/h3,5-6H,2H2,1H3. The maximum atomic E-state index is 11.3.